The van der Waals surface area contributed by atoms with E-state index >= 15 is 0 Å². The molecule has 0 aromatic carbocycles. The van der Waals surface area contributed by atoms with Gasteiger partial charge in [-0.05, 0) is 12.8 Å². The van der Waals surface area contributed by atoms with Gasteiger partial charge in [-0.1, -0.05) is 19.8 Å². The summed E-state index contributed by atoms with van der Waals surface area (Å²) in [5, 5.41) is 11.5. The highest BCUT2D eigenvalue weighted by Gasteiger charge is 2.19. The Kier molecular flexibility index (Phi) is 8.57. The van der Waals surface area contributed by atoms with Gasteiger partial charge in [-0.2, -0.15) is 0 Å². The molecule has 19 heavy (non-hydrogen) atoms. The summed E-state index contributed by atoms with van der Waals surface area (Å²) < 4.78 is 0. The van der Waals surface area contributed by atoms with Crippen molar-refractivity contribution in [1.82, 2.24) is 10.2 Å². The molecule has 110 valence electrons. The molecule has 0 spiro atoms. The highest BCUT2D eigenvalue weighted by Crippen LogP contribution is 2.03. The minimum Gasteiger partial charge on any atom is -0.480 e. The minimum absolute atomic E-state index is 0.0337. The predicted molar refractivity (Wildman–Crippen MR) is 71.6 cm³/mol. The van der Waals surface area contributed by atoms with Crippen LogP contribution >= 0.6 is 0 Å². The second kappa shape index (κ2) is 9.35. The molecule has 0 rings (SSSR count). The van der Waals surface area contributed by atoms with Gasteiger partial charge in [0.25, 0.3) is 0 Å². The molecule has 6 nitrogen and oxygen atoms in total. The van der Waals surface area contributed by atoms with Gasteiger partial charge < -0.3 is 15.3 Å². The number of aliphatic carboxylic acids is 1. The van der Waals surface area contributed by atoms with Crippen LogP contribution in [0.2, 0.25) is 0 Å². The Hall–Kier alpha value is -1.59. The molecule has 0 bridgehead atoms. The maximum atomic E-state index is 11.6. The number of carbonyl (C=O) groups is 3. The summed E-state index contributed by atoms with van der Waals surface area (Å²) in [5.41, 5.74) is 0. The zero-order valence-corrected chi connectivity index (χ0v) is 11.9. The van der Waals surface area contributed by atoms with Gasteiger partial charge in [0.1, 0.15) is 6.04 Å². The second-order valence-corrected chi connectivity index (χ2v) is 4.74. The van der Waals surface area contributed by atoms with Crippen molar-refractivity contribution in [3.05, 3.63) is 0 Å². The molecule has 2 amide bonds. The first-order valence-corrected chi connectivity index (χ1v) is 6.60. The molecule has 6 heteroatoms. The van der Waals surface area contributed by atoms with Crippen molar-refractivity contribution in [2.45, 2.75) is 51.5 Å². The molecule has 0 radical (unpaired) electrons. The van der Waals surface area contributed by atoms with E-state index in [4.69, 9.17) is 5.11 Å². The highest BCUT2D eigenvalue weighted by molar-refractivity contribution is 5.84. The lowest BCUT2D eigenvalue weighted by molar-refractivity contribution is -0.142. The van der Waals surface area contributed by atoms with E-state index < -0.39 is 12.0 Å². The van der Waals surface area contributed by atoms with Crippen molar-refractivity contribution >= 4 is 17.8 Å². The number of hydrogen-bond donors (Lipinski definition) is 2. The summed E-state index contributed by atoms with van der Waals surface area (Å²) in [5.74, 6) is -1.35. The Balaban J connectivity index is 3.99. The van der Waals surface area contributed by atoms with E-state index in [1.165, 1.54) is 4.90 Å². The Labute approximate surface area is 114 Å². The van der Waals surface area contributed by atoms with E-state index in [0.717, 1.165) is 12.8 Å². The first-order valence-electron chi connectivity index (χ1n) is 6.60. The Morgan fingerprint density at radius 3 is 2.26 bits per heavy atom. The van der Waals surface area contributed by atoms with E-state index in [0.29, 0.717) is 19.3 Å². The van der Waals surface area contributed by atoms with Crippen LogP contribution in [0.4, 0.5) is 0 Å². The van der Waals surface area contributed by atoms with Crippen molar-refractivity contribution in [1.29, 1.82) is 0 Å². The molecular formula is C13H24N2O4. The summed E-state index contributed by atoms with van der Waals surface area (Å²) >= 11 is 0. The number of nitrogens with one attached hydrogen (secondary N) is 1. The number of carboxylic acid groups (broad SMARTS) is 1. The molecule has 0 saturated carbocycles. The summed E-state index contributed by atoms with van der Waals surface area (Å²) in [6, 6.07) is -0.822. The average Bonchev–Trinajstić information content (AvgIpc) is 2.33. The normalized spacial score (nSPS) is 11.7. The predicted octanol–water partition coefficient (Wildman–Crippen LogP) is 1.00. The molecule has 0 heterocycles. The number of unbranched alkanes of at least 4 members (excludes halogenated alkanes) is 1. The smallest absolute Gasteiger partial charge is 0.326 e. The van der Waals surface area contributed by atoms with Crippen molar-refractivity contribution in [3.63, 3.8) is 0 Å². The number of carboxylic acids is 1. The first-order chi connectivity index (χ1) is 8.88. The van der Waals surface area contributed by atoms with Crippen LogP contribution in [0, 0.1) is 0 Å². The van der Waals surface area contributed by atoms with E-state index in [-0.39, 0.29) is 18.2 Å². The lowest BCUT2D eigenvalue weighted by Crippen LogP contribution is -2.40. The fourth-order valence-electron chi connectivity index (χ4n) is 1.56. The van der Waals surface area contributed by atoms with Crippen LogP contribution in [0.25, 0.3) is 0 Å². The zero-order chi connectivity index (χ0) is 14.8. The molecule has 0 aromatic heterocycles. The second-order valence-electron chi connectivity index (χ2n) is 4.74. The first kappa shape index (κ1) is 17.4. The number of carbonyl (C=O) groups excluding carboxylic acids is 2. The van der Waals surface area contributed by atoms with Crippen LogP contribution in [0.1, 0.15) is 45.4 Å². The fourth-order valence-corrected chi connectivity index (χ4v) is 1.56. The van der Waals surface area contributed by atoms with E-state index in [1.54, 1.807) is 14.1 Å². The zero-order valence-electron chi connectivity index (χ0n) is 11.9. The average molecular weight is 272 g/mol. The van der Waals surface area contributed by atoms with Crippen LogP contribution in [0.15, 0.2) is 0 Å². The standard InChI is InChI=1S/C13H24N2O4/c1-4-5-7-10(13(18)19)14-11(16)8-6-9-12(17)15(2)3/h10H,4-9H2,1-3H3,(H,14,16)(H,18,19). The summed E-state index contributed by atoms with van der Waals surface area (Å²) in [6.45, 7) is 1.97. The van der Waals surface area contributed by atoms with Gasteiger partial charge in [-0.15, -0.1) is 0 Å². The molecule has 0 aliphatic heterocycles. The maximum absolute atomic E-state index is 11.6. The van der Waals surface area contributed by atoms with Gasteiger partial charge in [0.05, 0.1) is 0 Å². The highest BCUT2D eigenvalue weighted by atomic mass is 16.4. The largest absolute Gasteiger partial charge is 0.480 e. The van der Waals surface area contributed by atoms with Crippen molar-refractivity contribution in [2.75, 3.05) is 14.1 Å². The van der Waals surface area contributed by atoms with E-state index in [9.17, 15) is 14.4 Å². The molecule has 2 N–H and O–H groups in total. The Morgan fingerprint density at radius 2 is 1.79 bits per heavy atom. The number of rotatable bonds is 9. The summed E-state index contributed by atoms with van der Waals surface area (Å²) in [4.78, 5) is 35.3. The summed E-state index contributed by atoms with van der Waals surface area (Å²) in [7, 11) is 3.32. The van der Waals surface area contributed by atoms with Crippen LogP contribution in [0.5, 0.6) is 0 Å². The summed E-state index contributed by atoms with van der Waals surface area (Å²) in [6.07, 6.45) is 2.99. The van der Waals surface area contributed by atoms with Crippen LogP contribution in [-0.4, -0.2) is 47.9 Å². The lowest BCUT2D eigenvalue weighted by Gasteiger charge is -2.14. The minimum atomic E-state index is -1.01. The third-order valence-electron chi connectivity index (χ3n) is 2.77. The molecule has 0 aromatic rings. The van der Waals surface area contributed by atoms with Gasteiger partial charge >= 0.3 is 5.97 Å². The van der Waals surface area contributed by atoms with Gasteiger partial charge in [-0.3, -0.25) is 9.59 Å². The Morgan fingerprint density at radius 1 is 1.16 bits per heavy atom. The van der Waals surface area contributed by atoms with E-state index in [2.05, 4.69) is 5.32 Å². The molecule has 1 unspecified atom stereocenters. The van der Waals surface area contributed by atoms with Gasteiger partial charge in [-0.25, -0.2) is 4.79 Å². The van der Waals surface area contributed by atoms with Crippen LogP contribution in [-0.2, 0) is 14.4 Å². The quantitative estimate of drug-likeness (QED) is 0.655. The Bertz CT molecular complexity index is 316. The SMILES string of the molecule is CCCCC(NC(=O)CCCC(=O)N(C)C)C(=O)O. The van der Waals surface area contributed by atoms with Crippen molar-refractivity contribution in [3.8, 4) is 0 Å². The molecule has 0 aliphatic rings. The van der Waals surface area contributed by atoms with E-state index in [1.807, 2.05) is 6.92 Å². The third kappa shape index (κ3) is 8.18. The third-order valence-corrected chi connectivity index (χ3v) is 2.77. The van der Waals surface area contributed by atoms with Gasteiger partial charge in [0, 0.05) is 26.9 Å². The van der Waals surface area contributed by atoms with Crippen molar-refractivity contribution < 1.29 is 19.5 Å². The lowest BCUT2D eigenvalue weighted by atomic mass is 10.1. The van der Waals surface area contributed by atoms with Crippen LogP contribution in [0.3, 0.4) is 0 Å². The topological polar surface area (TPSA) is 86.7 Å². The molecule has 0 fully saturated rings. The molecule has 0 saturated heterocycles. The van der Waals surface area contributed by atoms with Crippen LogP contribution < -0.4 is 5.32 Å². The molecular weight excluding hydrogens is 248 g/mol. The molecule has 1 atom stereocenters. The van der Waals surface area contributed by atoms with Gasteiger partial charge in [0.15, 0.2) is 0 Å². The maximum Gasteiger partial charge on any atom is 0.326 e. The number of hydrogen-bond acceptors (Lipinski definition) is 3. The monoisotopic (exact) mass is 272 g/mol. The number of nitrogens with zero attached hydrogens (tertiary/aromatic N) is 1. The molecule has 0 aliphatic carbocycles. The number of amides is 2. The van der Waals surface area contributed by atoms with Crippen molar-refractivity contribution in [2.24, 2.45) is 0 Å². The fraction of sp³-hybridized carbons (Fsp3) is 0.769. The van der Waals surface area contributed by atoms with Gasteiger partial charge in [0.2, 0.25) is 11.8 Å².